The van der Waals surface area contributed by atoms with Gasteiger partial charge in [-0.25, -0.2) is 0 Å². The van der Waals surface area contributed by atoms with Gasteiger partial charge >= 0.3 is 0 Å². The normalized spacial score (nSPS) is 14.1. The number of para-hydroxylation sites is 1. The van der Waals surface area contributed by atoms with Crippen LogP contribution in [0.2, 0.25) is 5.02 Å². The van der Waals surface area contributed by atoms with E-state index >= 15 is 0 Å². The van der Waals surface area contributed by atoms with Crippen LogP contribution in [0.3, 0.4) is 0 Å². The predicted molar refractivity (Wildman–Crippen MR) is 113 cm³/mol. The third-order valence-corrected chi connectivity index (χ3v) is 5.23. The summed E-state index contributed by atoms with van der Waals surface area (Å²) in [5.74, 6) is 0.946. The Morgan fingerprint density at radius 3 is 2.50 bits per heavy atom. The molecule has 2 aromatic carbocycles. The van der Waals surface area contributed by atoms with Crippen LogP contribution in [0, 0.1) is 6.92 Å². The first-order valence-corrected chi connectivity index (χ1v) is 10.0. The number of hydrogen-bond acceptors (Lipinski definition) is 4. The topological polar surface area (TPSA) is 42.0 Å². The molecule has 1 saturated heterocycles. The summed E-state index contributed by atoms with van der Waals surface area (Å²) in [7, 11) is 1.56. The maximum atomic E-state index is 13.0. The quantitative estimate of drug-likeness (QED) is 0.717. The number of hydrogen-bond donors (Lipinski definition) is 0. The molecule has 0 bridgehead atoms. The highest BCUT2D eigenvalue weighted by molar-refractivity contribution is 6.32. The van der Waals surface area contributed by atoms with Crippen molar-refractivity contribution in [2.75, 3.05) is 44.8 Å². The Balaban J connectivity index is 1.71. The van der Waals surface area contributed by atoms with Crippen LogP contribution in [-0.4, -0.2) is 50.7 Å². The lowest BCUT2D eigenvalue weighted by Gasteiger charge is -2.37. The van der Waals surface area contributed by atoms with E-state index in [9.17, 15) is 4.79 Å². The second-order valence-corrected chi connectivity index (χ2v) is 7.31. The molecule has 1 amide bonds. The fraction of sp³-hybridized carbons (Fsp3) is 0.409. The van der Waals surface area contributed by atoms with E-state index in [1.54, 1.807) is 19.2 Å². The smallest absolute Gasteiger partial charge is 0.254 e. The predicted octanol–water partition coefficient (Wildman–Crippen LogP) is 4.41. The maximum absolute atomic E-state index is 13.0. The summed E-state index contributed by atoms with van der Waals surface area (Å²) in [4.78, 5) is 17.2. The highest BCUT2D eigenvalue weighted by Crippen LogP contribution is 2.37. The molecule has 28 heavy (non-hydrogen) atoms. The lowest BCUT2D eigenvalue weighted by Crippen LogP contribution is -2.49. The van der Waals surface area contributed by atoms with Crippen molar-refractivity contribution >= 4 is 23.2 Å². The standard InChI is InChI=1S/C22H27ClN2O3/c1-4-13-28-21-18(23)14-17(15-20(21)27-3)22(26)25-11-9-24(10-12-25)19-8-6-5-7-16(19)2/h5-8,14-15H,4,9-13H2,1-3H3. The summed E-state index contributed by atoms with van der Waals surface area (Å²) in [5.41, 5.74) is 3.01. The Morgan fingerprint density at radius 1 is 1.14 bits per heavy atom. The highest BCUT2D eigenvalue weighted by atomic mass is 35.5. The van der Waals surface area contributed by atoms with Crippen LogP contribution in [0.4, 0.5) is 5.69 Å². The molecule has 1 fully saturated rings. The van der Waals surface area contributed by atoms with Gasteiger partial charge in [-0.3, -0.25) is 4.79 Å². The van der Waals surface area contributed by atoms with Crippen LogP contribution in [-0.2, 0) is 0 Å². The van der Waals surface area contributed by atoms with E-state index in [0.717, 1.165) is 19.5 Å². The number of aryl methyl sites for hydroxylation is 1. The lowest BCUT2D eigenvalue weighted by atomic mass is 10.1. The molecule has 0 aliphatic carbocycles. The number of rotatable bonds is 6. The molecule has 5 nitrogen and oxygen atoms in total. The van der Waals surface area contributed by atoms with Crippen molar-refractivity contribution in [2.24, 2.45) is 0 Å². The Kier molecular flexibility index (Phi) is 6.68. The minimum Gasteiger partial charge on any atom is -0.493 e. The van der Waals surface area contributed by atoms with Crippen molar-refractivity contribution in [1.29, 1.82) is 0 Å². The minimum absolute atomic E-state index is 0.0355. The molecular formula is C22H27ClN2O3. The monoisotopic (exact) mass is 402 g/mol. The van der Waals surface area contributed by atoms with Gasteiger partial charge in [0, 0.05) is 37.4 Å². The molecular weight excluding hydrogens is 376 g/mol. The molecule has 0 unspecified atom stereocenters. The van der Waals surface area contributed by atoms with Gasteiger partial charge in [0.2, 0.25) is 0 Å². The van der Waals surface area contributed by atoms with Gasteiger partial charge in [-0.1, -0.05) is 36.7 Å². The number of anilines is 1. The summed E-state index contributed by atoms with van der Waals surface area (Å²) in [5, 5.41) is 0.398. The molecule has 150 valence electrons. The van der Waals surface area contributed by atoms with Gasteiger partial charge in [0.25, 0.3) is 5.91 Å². The van der Waals surface area contributed by atoms with Crippen molar-refractivity contribution in [3.05, 3.63) is 52.5 Å². The van der Waals surface area contributed by atoms with Crippen LogP contribution in [0.5, 0.6) is 11.5 Å². The van der Waals surface area contributed by atoms with Crippen molar-refractivity contribution < 1.29 is 14.3 Å². The summed E-state index contributed by atoms with van der Waals surface area (Å²) in [6.07, 6.45) is 0.866. The van der Waals surface area contributed by atoms with Gasteiger partial charge in [0.1, 0.15) is 0 Å². The van der Waals surface area contributed by atoms with Crippen LogP contribution >= 0.6 is 11.6 Å². The fourth-order valence-corrected chi connectivity index (χ4v) is 3.70. The van der Waals surface area contributed by atoms with Gasteiger partial charge in [-0.15, -0.1) is 0 Å². The molecule has 1 heterocycles. The number of nitrogens with zero attached hydrogens (tertiary/aromatic N) is 2. The van der Waals surface area contributed by atoms with E-state index in [1.807, 2.05) is 17.9 Å². The molecule has 0 radical (unpaired) electrons. The van der Waals surface area contributed by atoms with Crippen LogP contribution < -0.4 is 14.4 Å². The molecule has 3 rings (SSSR count). The van der Waals surface area contributed by atoms with Gasteiger partial charge in [0.15, 0.2) is 11.5 Å². The number of methoxy groups -OCH3 is 1. The average molecular weight is 403 g/mol. The molecule has 1 aliphatic heterocycles. The number of piperazine rings is 1. The third kappa shape index (κ3) is 4.36. The van der Waals surface area contributed by atoms with E-state index in [4.69, 9.17) is 21.1 Å². The fourth-order valence-electron chi connectivity index (χ4n) is 3.44. The highest BCUT2D eigenvalue weighted by Gasteiger charge is 2.25. The van der Waals surface area contributed by atoms with Crippen LogP contribution in [0.15, 0.2) is 36.4 Å². The van der Waals surface area contributed by atoms with Crippen molar-refractivity contribution in [3.8, 4) is 11.5 Å². The summed E-state index contributed by atoms with van der Waals surface area (Å²) in [6.45, 7) is 7.63. The Morgan fingerprint density at radius 2 is 1.86 bits per heavy atom. The summed E-state index contributed by atoms with van der Waals surface area (Å²) in [6, 6.07) is 11.7. The number of carbonyl (C=O) groups excluding carboxylic acids is 1. The van der Waals surface area contributed by atoms with Crippen molar-refractivity contribution in [1.82, 2.24) is 4.90 Å². The second kappa shape index (κ2) is 9.20. The second-order valence-electron chi connectivity index (χ2n) is 6.90. The Labute approximate surface area is 171 Å². The Bertz CT molecular complexity index is 833. The molecule has 6 heteroatoms. The molecule has 0 spiro atoms. The molecule has 0 saturated carbocycles. The number of amides is 1. The number of carbonyl (C=O) groups is 1. The van der Waals surface area contributed by atoms with E-state index in [2.05, 4.69) is 30.0 Å². The van der Waals surface area contributed by atoms with Gasteiger partial charge in [-0.2, -0.15) is 0 Å². The van der Waals surface area contributed by atoms with Crippen LogP contribution in [0.25, 0.3) is 0 Å². The first-order chi connectivity index (χ1) is 13.5. The van der Waals surface area contributed by atoms with Gasteiger partial charge in [-0.05, 0) is 37.1 Å². The molecule has 0 aromatic heterocycles. The zero-order valence-electron chi connectivity index (χ0n) is 16.7. The number of benzene rings is 2. The first kappa shape index (κ1) is 20.3. The first-order valence-electron chi connectivity index (χ1n) is 9.65. The van der Waals surface area contributed by atoms with E-state index in [0.29, 0.717) is 41.8 Å². The average Bonchev–Trinajstić information content (AvgIpc) is 2.72. The molecule has 2 aromatic rings. The zero-order chi connectivity index (χ0) is 20.1. The molecule has 0 N–H and O–H groups in total. The van der Waals surface area contributed by atoms with Gasteiger partial charge in [0.05, 0.1) is 18.7 Å². The SMILES string of the molecule is CCCOc1c(Cl)cc(C(=O)N2CCN(c3ccccc3C)CC2)cc1OC. The van der Waals surface area contributed by atoms with E-state index in [-0.39, 0.29) is 5.91 Å². The van der Waals surface area contributed by atoms with E-state index < -0.39 is 0 Å². The maximum Gasteiger partial charge on any atom is 0.254 e. The lowest BCUT2D eigenvalue weighted by molar-refractivity contribution is 0.0746. The number of halogens is 1. The number of ether oxygens (including phenoxy) is 2. The third-order valence-electron chi connectivity index (χ3n) is 4.95. The van der Waals surface area contributed by atoms with Crippen molar-refractivity contribution in [3.63, 3.8) is 0 Å². The van der Waals surface area contributed by atoms with Crippen molar-refractivity contribution in [2.45, 2.75) is 20.3 Å². The molecule has 1 aliphatic rings. The van der Waals surface area contributed by atoms with Gasteiger partial charge < -0.3 is 19.3 Å². The zero-order valence-corrected chi connectivity index (χ0v) is 17.5. The van der Waals surface area contributed by atoms with E-state index in [1.165, 1.54) is 11.3 Å². The van der Waals surface area contributed by atoms with Crippen LogP contribution in [0.1, 0.15) is 29.3 Å². The minimum atomic E-state index is -0.0355. The largest absolute Gasteiger partial charge is 0.493 e. The summed E-state index contributed by atoms with van der Waals surface area (Å²) >= 11 is 6.37. The molecule has 0 atom stereocenters. The summed E-state index contributed by atoms with van der Waals surface area (Å²) < 4.78 is 11.1. The Hall–Kier alpha value is -2.40.